The largest absolute Gasteiger partial charge is 0.368 e. The summed E-state index contributed by atoms with van der Waals surface area (Å²) in [6.45, 7) is 3.71. The van der Waals surface area contributed by atoms with Crippen LogP contribution in [0.5, 0.6) is 0 Å². The van der Waals surface area contributed by atoms with Crippen LogP contribution >= 0.6 is 0 Å². The van der Waals surface area contributed by atoms with Gasteiger partial charge in [0.05, 0.1) is 6.04 Å². The van der Waals surface area contributed by atoms with Gasteiger partial charge in [0.2, 0.25) is 5.91 Å². The van der Waals surface area contributed by atoms with Crippen LogP contribution in [0, 0.1) is 5.92 Å². The fraction of sp³-hybridized carbons (Fsp3) is 0.778. The van der Waals surface area contributed by atoms with Crippen LogP contribution in [0.15, 0.2) is 0 Å². The average molecular weight is 186 g/mol. The summed E-state index contributed by atoms with van der Waals surface area (Å²) in [7, 11) is 0. The summed E-state index contributed by atoms with van der Waals surface area (Å²) in [5, 5.41) is 0. The molecule has 0 radical (unpaired) electrons. The number of hydrogen-bond donors (Lipinski definition) is 2. The Balaban J connectivity index is 3.56. The minimum absolute atomic E-state index is 0.0600. The molecule has 0 fully saturated rings. The van der Waals surface area contributed by atoms with Crippen molar-refractivity contribution in [3.8, 4) is 0 Å². The first-order chi connectivity index (χ1) is 5.95. The Kier molecular flexibility index (Phi) is 5.30. The van der Waals surface area contributed by atoms with Crippen molar-refractivity contribution in [1.82, 2.24) is 0 Å². The zero-order valence-corrected chi connectivity index (χ0v) is 8.25. The summed E-state index contributed by atoms with van der Waals surface area (Å²) in [6, 6.07) is -0.611. The molecule has 1 amide bonds. The second-order valence-corrected chi connectivity index (χ2v) is 3.52. The Morgan fingerprint density at radius 2 is 1.85 bits per heavy atom. The molecule has 0 aromatic rings. The molecule has 0 bridgehead atoms. The lowest BCUT2D eigenvalue weighted by Crippen LogP contribution is -2.36. The summed E-state index contributed by atoms with van der Waals surface area (Å²) in [5.41, 5.74) is 10.4. The van der Waals surface area contributed by atoms with E-state index in [4.69, 9.17) is 11.5 Å². The number of carbonyl (C=O) groups excluding carboxylic acids is 2. The number of amides is 1. The molecule has 0 rings (SSSR count). The van der Waals surface area contributed by atoms with Crippen LogP contribution < -0.4 is 11.5 Å². The topological polar surface area (TPSA) is 86.2 Å². The van der Waals surface area contributed by atoms with Crippen molar-refractivity contribution in [2.45, 2.75) is 39.2 Å². The van der Waals surface area contributed by atoms with Gasteiger partial charge in [-0.25, -0.2) is 0 Å². The quantitative estimate of drug-likeness (QED) is 0.621. The summed E-state index contributed by atoms with van der Waals surface area (Å²) >= 11 is 0. The van der Waals surface area contributed by atoms with E-state index in [-0.39, 0.29) is 11.7 Å². The number of nitrogens with two attached hydrogens (primary N) is 2. The highest BCUT2D eigenvalue weighted by atomic mass is 16.1. The molecule has 0 aliphatic heterocycles. The van der Waals surface area contributed by atoms with Crippen LogP contribution in [-0.2, 0) is 9.59 Å². The summed E-state index contributed by atoms with van der Waals surface area (Å²) < 4.78 is 0. The molecule has 13 heavy (non-hydrogen) atoms. The van der Waals surface area contributed by atoms with Crippen molar-refractivity contribution in [2.24, 2.45) is 17.4 Å². The fourth-order valence-corrected chi connectivity index (χ4v) is 0.927. The third-order valence-corrected chi connectivity index (χ3v) is 1.95. The van der Waals surface area contributed by atoms with Gasteiger partial charge in [0, 0.05) is 12.3 Å². The maximum Gasteiger partial charge on any atom is 0.234 e. The molecule has 0 aliphatic rings. The second kappa shape index (κ2) is 5.70. The first-order valence-corrected chi connectivity index (χ1v) is 4.52. The molecule has 0 aliphatic carbocycles. The van der Waals surface area contributed by atoms with Gasteiger partial charge in [-0.2, -0.15) is 0 Å². The van der Waals surface area contributed by atoms with Crippen molar-refractivity contribution in [3.63, 3.8) is 0 Å². The zero-order chi connectivity index (χ0) is 10.4. The molecule has 0 spiro atoms. The predicted octanol–water partition coefficient (Wildman–Crippen LogP) is 0.194. The van der Waals surface area contributed by atoms with E-state index < -0.39 is 11.9 Å². The number of carbonyl (C=O) groups is 2. The summed E-state index contributed by atoms with van der Waals surface area (Å²) in [6.07, 6.45) is 1.62. The van der Waals surface area contributed by atoms with E-state index in [0.29, 0.717) is 19.3 Å². The van der Waals surface area contributed by atoms with Crippen molar-refractivity contribution < 1.29 is 9.59 Å². The Morgan fingerprint density at radius 3 is 2.23 bits per heavy atom. The second-order valence-electron chi connectivity index (χ2n) is 3.52. The minimum Gasteiger partial charge on any atom is -0.368 e. The normalized spacial score (nSPS) is 12.9. The third-order valence-electron chi connectivity index (χ3n) is 1.95. The molecule has 4 nitrogen and oxygen atoms in total. The first kappa shape index (κ1) is 12.1. The van der Waals surface area contributed by atoms with Crippen LogP contribution in [0.4, 0.5) is 0 Å². The first-order valence-electron chi connectivity index (χ1n) is 4.52. The zero-order valence-electron chi connectivity index (χ0n) is 8.25. The highest BCUT2D eigenvalue weighted by Crippen LogP contribution is 2.05. The van der Waals surface area contributed by atoms with E-state index in [2.05, 4.69) is 0 Å². The highest BCUT2D eigenvalue weighted by Gasteiger charge is 2.11. The summed E-state index contributed by atoms with van der Waals surface area (Å²) in [4.78, 5) is 21.7. The van der Waals surface area contributed by atoms with E-state index in [1.807, 2.05) is 13.8 Å². The van der Waals surface area contributed by atoms with E-state index in [0.717, 1.165) is 0 Å². The standard InChI is InChI=1S/C9H18N2O2/c1-6(2)8(12)5-3-4-7(10)9(11)13/h6-7H,3-5,10H2,1-2H3,(H2,11,13). The molecule has 1 atom stereocenters. The Bertz CT molecular complexity index is 190. The lowest BCUT2D eigenvalue weighted by Gasteiger charge is -2.07. The maximum absolute atomic E-state index is 11.1. The van der Waals surface area contributed by atoms with Gasteiger partial charge in [0.25, 0.3) is 0 Å². The van der Waals surface area contributed by atoms with Crippen molar-refractivity contribution in [2.75, 3.05) is 0 Å². The fourth-order valence-electron chi connectivity index (χ4n) is 0.927. The Hall–Kier alpha value is -0.900. The third kappa shape index (κ3) is 5.36. The van der Waals surface area contributed by atoms with E-state index in [9.17, 15) is 9.59 Å². The molecule has 1 unspecified atom stereocenters. The number of primary amides is 1. The molecule has 0 aromatic carbocycles. The number of Topliss-reactive ketones (excluding diaryl/α,β-unsaturated/α-hetero) is 1. The van der Waals surface area contributed by atoms with Crippen LogP contribution in [-0.4, -0.2) is 17.7 Å². The van der Waals surface area contributed by atoms with Gasteiger partial charge in [0.1, 0.15) is 5.78 Å². The minimum atomic E-state index is -0.611. The van der Waals surface area contributed by atoms with Gasteiger partial charge in [-0.1, -0.05) is 13.8 Å². The number of rotatable bonds is 6. The number of hydrogen-bond acceptors (Lipinski definition) is 3. The molecular formula is C9H18N2O2. The monoisotopic (exact) mass is 186 g/mol. The van der Waals surface area contributed by atoms with Crippen LogP contribution in [0.25, 0.3) is 0 Å². The Labute approximate surface area is 78.7 Å². The van der Waals surface area contributed by atoms with Gasteiger partial charge in [-0.05, 0) is 12.8 Å². The van der Waals surface area contributed by atoms with Gasteiger partial charge in [-0.15, -0.1) is 0 Å². The molecule has 0 heterocycles. The van der Waals surface area contributed by atoms with Crippen LogP contribution in [0.1, 0.15) is 33.1 Å². The molecule has 0 saturated heterocycles. The SMILES string of the molecule is CC(C)C(=O)CCCC(N)C(N)=O. The van der Waals surface area contributed by atoms with Crippen molar-refractivity contribution >= 4 is 11.7 Å². The lowest BCUT2D eigenvalue weighted by atomic mass is 10.0. The van der Waals surface area contributed by atoms with Gasteiger partial charge in [-0.3, -0.25) is 9.59 Å². The lowest BCUT2D eigenvalue weighted by molar-refractivity contribution is -0.122. The number of ketones is 1. The van der Waals surface area contributed by atoms with Gasteiger partial charge >= 0.3 is 0 Å². The molecule has 4 heteroatoms. The summed E-state index contributed by atoms with van der Waals surface area (Å²) in [5.74, 6) is -0.238. The molecule has 0 saturated carbocycles. The smallest absolute Gasteiger partial charge is 0.234 e. The van der Waals surface area contributed by atoms with Crippen molar-refractivity contribution in [1.29, 1.82) is 0 Å². The highest BCUT2D eigenvalue weighted by molar-refractivity contribution is 5.81. The van der Waals surface area contributed by atoms with Crippen LogP contribution in [0.3, 0.4) is 0 Å². The molecule has 4 N–H and O–H groups in total. The van der Waals surface area contributed by atoms with E-state index >= 15 is 0 Å². The van der Waals surface area contributed by atoms with Gasteiger partial charge < -0.3 is 11.5 Å². The molecular weight excluding hydrogens is 168 g/mol. The van der Waals surface area contributed by atoms with Crippen LogP contribution in [0.2, 0.25) is 0 Å². The maximum atomic E-state index is 11.1. The average Bonchev–Trinajstić information content (AvgIpc) is 2.03. The Morgan fingerprint density at radius 1 is 1.31 bits per heavy atom. The van der Waals surface area contributed by atoms with E-state index in [1.165, 1.54) is 0 Å². The van der Waals surface area contributed by atoms with Crippen molar-refractivity contribution in [3.05, 3.63) is 0 Å². The molecule has 0 aromatic heterocycles. The van der Waals surface area contributed by atoms with E-state index in [1.54, 1.807) is 0 Å². The molecule has 76 valence electrons. The predicted molar refractivity (Wildman–Crippen MR) is 50.9 cm³/mol. The van der Waals surface area contributed by atoms with Gasteiger partial charge in [0.15, 0.2) is 0 Å².